The Morgan fingerprint density at radius 1 is 1.12 bits per heavy atom. The molecule has 4 rings (SSSR count). The smallest absolute Gasteiger partial charge is 0.119 e. The number of halogens is 1. The summed E-state index contributed by atoms with van der Waals surface area (Å²) in [6, 6.07) is 14.4. The fraction of sp³-hybridized carbons (Fsp3) is 0.364. The number of fused-ring (bicyclic) bond motifs is 3. The third kappa shape index (κ3) is 3.46. The van der Waals surface area contributed by atoms with Gasteiger partial charge >= 0.3 is 0 Å². The Kier molecular flexibility index (Phi) is 4.92. The standard InChI is InChI=1S/C22H25ClN2O/c1-16-4-9-19-20-15-24(2)12-10-21(20)25(22(19)14-16)11-3-13-26-18-7-5-17(23)6-8-18/h4-9,14H,3,10-13,15H2,1-2H3. The van der Waals surface area contributed by atoms with E-state index < -0.39 is 0 Å². The van der Waals surface area contributed by atoms with Gasteiger partial charge in [0, 0.05) is 47.7 Å². The van der Waals surface area contributed by atoms with Gasteiger partial charge in [0.05, 0.1) is 6.61 Å². The number of benzene rings is 2. The van der Waals surface area contributed by atoms with Crippen LogP contribution < -0.4 is 4.74 Å². The molecule has 26 heavy (non-hydrogen) atoms. The Morgan fingerprint density at radius 3 is 2.73 bits per heavy atom. The van der Waals surface area contributed by atoms with Gasteiger partial charge in [-0.3, -0.25) is 0 Å². The van der Waals surface area contributed by atoms with Gasteiger partial charge in [-0.2, -0.15) is 0 Å². The van der Waals surface area contributed by atoms with Crippen LogP contribution in [0.15, 0.2) is 42.5 Å². The van der Waals surface area contributed by atoms with Crippen molar-refractivity contribution >= 4 is 22.5 Å². The zero-order valence-electron chi connectivity index (χ0n) is 15.5. The number of hydrogen-bond donors (Lipinski definition) is 0. The van der Waals surface area contributed by atoms with Crippen LogP contribution in [0.3, 0.4) is 0 Å². The molecule has 0 N–H and O–H groups in total. The molecule has 3 aromatic rings. The molecule has 3 nitrogen and oxygen atoms in total. The summed E-state index contributed by atoms with van der Waals surface area (Å²) in [7, 11) is 2.21. The molecule has 4 heteroatoms. The van der Waals surface area contributed by atoms with E-state index in [9.17, 15) is 0 Å². The summed E-state index contributed by atoms with van der Waals surface area (Å²) in [5.41, 5.74) is 5.71. The highest BCUT2D eigenvalue weighted by atomic mass is 35.5. The molecule has 136 valence electrons. The molecule has 0 fully saturated rings. The second kappa shape index (κ2) is 7.34. The number of ether oxygens (including phenoxy) is 1. The van der Waals surface area contributed by atoms with Gasteiger partial charge in [0.1, 0.15) is 5.75 Å². The molecule has 0 unspecified atom stereocenters. The van der Waals surface area contributed by atoms with E-state index in [-0.39, 0.29) is 0 Å². The molecule has 0 bridgehead atoms. The monoisotopic (exact) mass is 368 g/mol. The summed E-state index contributed by atoms with van der Waals surface area (Å²) in [5.74, 6) is 0.881. The second-order valence-electron chi connectivity index (χ2n) is 7.24. The normalized spacial score (nSPS) is 14.6. The van der Waals surface area contributed by atoms with Gasteiger partial charge in [-0.1, -0.05) is 23.7 Å². The van der Waals surface area contributed by atoms with Crippen LogP contribution in [0.2, 0.25) is 5.02 Å². The van der Waals surface area contributed by atoms with Crippen molar-refractivity contribution in [2.75, 3.05) is 20.2 Å². The molecule has 1 aromatic heterocycles. The van der Waals surface area contributed by atoms with Crippen LogP contribution in [0.5, 0.6) is 5.75 Å². The number of aromatic nitrogens is 1. The lowest BCUT2D eigenvalue weighted by molar-refractivity contribution is 0.294. The summed E-state index contributed by atoms with van der Waals surface area (Å²) in [5, 5.41) is 2.15. The van der Waals surface area contributed by atoms with Gasteiger partial charge in [-0.15, -0.1) is 0 Å². The van der Waals surface area contributed by atoms with Crippen LogP contribution in [0.4, 0.5) is 0 Å². The van der Waals surface area contributed by atoms with Gasteiger partial charge < -0.3 is 14.2 Å². The SMILES string of the molecule is Cc1ccc2c3c(n(CCCOc4ccc(Cl)cc4)c2c1)CCN(C)C3. The molecule has 0 atom stereocenters. The van der Waals surface area contributed by atoms with Crippen molar-refractivity contribution in [3.05, 3.63) is 64.3 Å². The van der Waals surface area contributed by atoms with E-state index in [1.54, 1.807) is 0 Å². The first-order valence-corrected chi connectivity index (χ1v) is 9.67. The average Bonchev–Trinajstić information content (AvgIpc) is 2.92. The summed E-state index contributed by atoms with van der Waals surface area (Å²) < 4.78 is 8.40. The molecule has 1 aliphatic heterocycles. The summed E-state index contributed by atoms with van der Waals surface area (Å²) >= 11 is 5.92. The second-order valence-corrected chi connectivity index (χ2v) is 7.68. The van der Waals surface area contributed by atoms with Gasteiger partial charge in [-0.05, 0) is 61.9 Å². The molecule has 0 amide bonds. The molecular weight excluding hydrogens is 344 g/mol. The molecule has 2 heterocycles. The highest BCUT2D eigenvalue weighted by Gasteiger charge is 2.22. The Balaban J connectivity index is 1.52. The average molecular weight is 369 g/mol. The van der Waals surface area contributed by atoms with Gasteiger partial charge in [-0.25, -0.2) is 0 Å². The minimum atomic E-state index is 0.710. The first kappa shape index (κ1) is 17.4. The molecule has 0 saturated heterocycles. The molecule has 2 aromatic carbocycles. The fourth-order valence-corrected chi connectivity index (χ4v) is 4.02. The largest absolute Gasteiger partial charge is 0.494 e. The van der Waals surface area contributed by atoms with E-state index >= 15 is 0 Å². The molecule has 0 radical (unpaired) electrons. The Morgan fingerprint density at radius 2 is 1.92 bits per heavy atom. The lowest BCUT2D eigenvalue weighted by Crippen LogP contribution is -2.27. The highest BCUT2D eigenvalue weighted by molar-refractivity contribution is 6.30. The van der Waals surface area contributed by atoms with Crippen molar-refractivity contribution in [3.8, 4) is 5.75 Å². The van der Waals surface area contributed by atoms with E-state index in [4.69, 9.17) is 16.3 Å². The topological polar surface area (TPSA) is 17.4 Å². The number of hydrogen-bond acceptors (Lipinski definition) is 2. The van der Waals surface area contributed by atoms with Crippen LogP contribution in [-0.2, 0) is 19.5 Å². The van der Waals surface area contributed by atoms with E-state index in [0.29, 0.717) is 6.61 Å². The van der Waals surface area contributed by atoms with Crippen molar-refractivity contribution in [2.24, 2.45) is 0 Å². The van der Waals surface area contributed by atoms with Crippen molar-refractivity contribution in [1.82, 2.24) is 9.47 Å². The predicted molar refractivity (Wildman–Crippen MR) is 108 cm³/mol. The first-order valence-electron chi connectivity index (χ1n) is 9.29. The quantitative estimate of drug-likeness (QED) is 0.585. The van der Waals surface area contributed by atoms with Gasteiger partial charge in [0.2, 0.25) is 0 Å². The Bertz CT molecular complexity index is 914. The third-order valence-corrected chi connectivity index (χ3v) is 5.46. The number of rotatable bonds is 5. The van der Waals surface area contributed by atoms with Crippen molar-refractivity contribution < 1.29 is 4.74 Å². The molecule has 0 spiro atoms. The summed E-state index contributed by atoms with van der Waals surface area (Å²) in [6.07, 6.45) is 2.11. The van der Waals surface area contributed by atoms with E-state index in [2.05, 4.69) is 41.6 Å². The lowest BCUT2D eigenvalue weighted by atomic mass is 10.0. The zero-order chi connectivity index (χ0) is 18.1. The van der Waals surface area contributed by atoms with Crippen molar-refractivity contribution in [1.29, 1.82) is 0 Å². The Hall–Kier alpha value is -1.97. The molecular formula is C22H25ClN2O. The van der Waals surface area contributed by atoms with E-state index in [1.807, 2.05) is 24.3 Å². The molecule has 0 saturated carbocycles. The Labute approximate surface area is 160 Å². The minimum absolute atomic E-state index is 0.710. The van der Waals surface area contributed by atoms with Crippen LogP contribution >= 0.6 is 11.6 Å². The summed E-state index contributed by atoms with van der Waals surface area (Å²) in [6.45, 7) is 6.05. The molecule has 1 aliphatic rings. The predicted octanol–water partition coefficient (Wildman–Crippen LogP) is 5.06. The number of likely N-dealkylation sites (N-methyl/N-ethyl adjacent to an activating group) is 1. The number of aryl methyl sites for hydroxylation is 2. The summed E-state index contributed by atoms with van der Waals surface area (Å²) in [4.78, 5) is 2.41. The third-order valence-electron chi connectivity index (χ3n) is 5.21. The van der Waals surface area contributed by atoms with Crippen LogP contribution in [0.25, 0.3) is 10.9 Å². The van der Waals surface area contributed by atoms with Gasteiger partial charge in [0.25, 0.3) is 0 Å². The van der Waals surface area contributed by atoms with Gasteiger partial charge in [0.15, 0.2) is 0 Å². The molecule has 0 aliphatic carbocycles. The van der Waals surface area contributed by atoms with Crippen LogP contribution in [0, 0.1) is 6.92 Å². The van der Waals surface area contributed by atoms with E-state index in [1.165, 1.54) is 27.7 Å². The van der Waals surface area contributed by atoms with Crippen LogP contribution in [-0.4, -0.2) is 29.7 Å². The first-order chi connectivity index (χ1) is 12.6. The highest BCUT2D eigenvalue weighted by Crippen LogP contribution is 2.31. The maximum absolute atomic E-state index is 5.92. The minimum Gasteiger partial charge on any atom is -0.494 e. The van der Waals surface area contributed by atoms with Crippen LogP contribution in [0.1, 0.15) is 23.2 Å². The van der Waals surface area contributed by atoms with E-state index in [0.717, 1.165) is 43.2 Å². The number of nitrogens with zero attached hydrogens (tertiary/aromatic N) is 2. The van der Waals surface area contributed by atoms with Crippen molar-refractivity contribution in [3.63, 3.8) is 0 Å². The fourth-order valence-electron chi connectivity index (χ4n) is 3.89. The lowest BCUT2D eigenvalue weighted by Gasteiger charge is -2.24. The maximum Gasteiger partial charge on any atom is 0.119 e. The maximum atomic E-state index is 5.92. The van der Waals surface area contributed by atoms with Crippen molar-refractivity contribution in [2.45, 2.75) is 32.9 Å². The zero-order valence-corrected chi connectivity index (χ0v) is 16.2.